The van der Waals surface area contributed by atoms with Gasteiger partial charge in [-0.2, -0.15) is 5.10 Å². The number of benzene rings is 3. The van der Waals surface area contributed by atoms with Crippen LogP contribution < -0.4 is 5.43 Å². The lowest BCUT2D eigenvalue weighted by molar-refractivity contribution is -0.384. The average Bonchev–Trinajstić information content (AvgIpc) is 3.28. The van der Waals surface area contributed by atoms with E-state index in [1.54, 1.807) is 24.3 Å². The maximum atomic E-state index is 12.4. The molecule has 3 aromatic carbocycles. The van der Waals surface area contributed by atoms with E-state index in [1.165, 1.54) is 24.4 Å². The number of hydrogen-bond acceptors (Lipinski definition) is 7. The summed E-state index contributed by atoms with van der Waals surface area (Å²) in [6, 6.07) is 18.2. The fraction of sp³-hybridized carbons (Fsp3) is 0.0435. The monoisotopic (exact) mass is 560 g/mol. The van der Waals surface area contributed by atoms with Gasteiger partial charge in [-0.05, 0) is 54.6 Å². The van der Waals surface area contributed by atoms with E-state index in [4.69, 9.17) is 34.8 Å². The second-order valence-corrected chi connectivity index (χ2v) is 9.39. The Hall–Kier alpha value is -3.44. The van der Waals surface area contributed by atoms with Gasteiger partial charge in [0.05, 0.1) is 16.9 Å². The number of nitro groups is 1. The molecule has 0 unspecified atom stereocenters. The van der Waals surface area contributed by atoms with Gasteiger partial charge in [-0.3, -0.25) is 19.5 Å². The molecule has 1 heterocycles. The average molecular weight is 562 g/mol. The molecule has 4 rings (SSSR count). The third kappa shape index (κ3) is 6.21. The third-order valence-corrected chi connectivity index (χ3v) is 6.51. The summed E-state index contributed by atoms with van der Waals surface area (Å²) in [7, 11) is 0. The molecule has 0 atom stereocenters. The van der Waals surface area contributed by atoms with Crippen molar-refractivity contribution in [3.63, 3.8) is 0 Å². The highest BCUT2D eigenvalue weighted by Crippen LogP contribution is 2.29. The van der Waals surface area contributed by atoms with Crippen molar-refractivity contribution in [3.8, 4) is 17.1 Å². The number of nitrogens with one attached hydrogen (secondary N) is 1. The standard InChI is InChI=1S/C23H15Cl3N6O3S/c24-16-3-1-14(2-4-16)22-29-30-23(31(22)18-7-5-17(25)6-8-18)36-13-21(33)28-27-12-15-11-19(32(34)35)9-10-20(15)26/h1-12H,13H2,(H,28,33)/b27-12+. The Kier molecular flexibility index (Phi) is 8.21. The summed E-state index contributed by atoms with van der Waals surface area (Å²) >= 11 is 19.3. The highest BCUT2D eigenvalue weighted by molar-refractivity contribution is 7.99. The number of carbonyl (C=O) groups is 1. The Morgan fingerprint density at radius 2 is 1.69 bits per heavy atom. The van der Waals surface area contributed by atoms with Crippen LogP contribution >= 0.6 is 46.6 Å². The van der Waals surface area contributed by atoms with Gasteiger partial charge in [0.2, 0.25) is 0 Å². The van der Waals surface area contributed by atoms with Crippen molar-refractivity contribution in [2.75, 3.05) is 5.75 Å². The molecule has 0 radical (unpaired) electrons. The first-order valence-electron chi connectivity index (χ1n) is 10.2. The van der Waals surface area contributed by atoms with Crippen molar-refractivity contribution in [3.05, 3.63) is 97.5 Å². The lowest BCUT2D eigenvalue weighted by Gasteiger charge is -2.10. The van der Waals surface area contributed by atoms with Crippen molar-refractivity contribution < 1.29 is 9.72 Å². The quantitative estimate of drug-likeness (QED) is 0.121. The van der Waals surface area contributed by atoms with Crippen molar-refractivity contribution in [1.82, 2.24) is 20.2 Å². The van der Waals surface area contributed by atoms with E-state index < -0.39 is 10.8 Å². The van der Waals surface area contributed by atoms with Crippen LogP contribution in [0.15, 0.2) is 77.0 Å². The minimum absolute atomic E-state index is 0.0215. The number of hydrazone groups is 1. The Morgan fingerprint density at radius 1 is 1.03 bits per heavy atom. The molecule has 0 bridgehead atoms. The normalized spacial score (nSPS) is 11.1. The number of halogens is 3. The zero-order valence-corrected chi connectivity index (χ0v) is 21.2. The first-order valence-corrected chi connectivity index (χ1v) is 12.3. The van der Waals surface area contributed by atoms with Crippen LogP contribution in [0.25, 0.3) is 17.1 Å². The Morgan fingerprint density at radius 3 is 2.36 bits per heavy atom. The number of nitrogens with zero attached hydrogens (tertiary/aromatic N) is 5. The predicted octanol–water partition coefficient (Wildman–Crippen LogP) is 6.05. The molecule has 0 saturated carbocycles. The Balaban J connectivity index is 1.50. The van der Waals surface area contributed by atoms with Crippen LogP contribution in [0.2, 0.25) is 15.1 Å². The van der Waals surface area contributed by atoms with E-state index in [0.717, 1.165) is 23.0 Å². The Bertz CT molecular complexity index is 1440. The van der Waals surface area contributed by atoms with E-state index in [-0.39, 0.29) is 16.5 Å². The van der Waals surface area contributed by atoms with E-state index in [9.17, 15) is 14.9 Å². The number of rotatable bonds is 8. The summed E-state index contributed by atoms with van der Waals surface area (Å²) in [4.78, 5) is 22.8. The maximum Gasteiger partial charge on any atom is 0.270 e. The summed E-state index contributed by atoms with van der Waals surface area (Å²) in [6.07, 6.45) is 1.24. The molecule has 0 spiro atoms. The van der Waals surface area contributed by atoms with Gasteiger partial charge in [0.15, 0.2) is 11.0 Å². The summed E-state index contributed by atoms with van der Waals surface area (Å²) in [6.45, 7) is 0. The molecule has 13 heteroatoms. The van der Waals surface area contributed by atoms with Crippen LogP contribution in [-0.2, 0) is 4.79 Å². The van der Waals surface area contributed by atoms with Gasteiger partial charge in [0.1, 0.15) is 0 Å². The third-order valence-electron chi connectivity index (χ3n) is 4.74. The zero-order chi connectivity index (χ0) is 25.7. The molecule has 9 nitrogen and oxygen atoms in total. The largest absolute Gasteiger partial charge is 0.272 e. The fourth-order valence-electron chi connectivity index (χ4n) is 3.05. The van der Waals surface area contributed by atoms with E-state index in [0.29, 0.717) is 26.6 Å². The fourth-order valence-corrected chi connectivity index (χ4v) is 4.21. The van der Waals surface area contributed by atoms with Crippen LogP contribution in [0.5, 0.6) is 0 Å². The summed E-state index contributed by atoms with van der Waals surface area (Å²) in [5.74, 6) is 0.124. The molecular weight excluding hydrogens is 547 g/mol. The van der Waals surface area contributed by atoms with Gasteiger partial charge < -0.3 is 0 Å². The number of non-ortho nitro benzene ring substituents is 1. The minimum Gasteiger partial charge on any atom is -0.272 e. The molecule has 0 fully saturated rings. The molecule has 182 valence electrons. The van der Waals surface area contributed by atoms with Crippen molar-refractivity contribution in [1.29, 1.82) is 0 Å². The lowest BCUT2D eigenvalue weighted by Crippen LogP contribution is -2.20. The van der Waals surface area contributed by atoms with Crippen molar-refractivity contribution >= 4 is 64.4 Å². The molecular formula is C23H15Cl3N6O3S. The van der Waals surface area contributed by atoms with Gasteiger partial charge in [0.25, 0.3) is 11.6 Å². The SMILES string of the molecule is O=C(CSc1nnc(-c2ccc(Cl)cc2)n1-c1ccc(Cl)cc1)N/N=C/c1cc([N+](=O)[O-])ccc1Cl. The van der Waals surface area contributed by atoms with Gasteiger partial charge in [0, 0.05) is 44.0 Å². The molecule has 1 amide bonds. The minimum atomic E-state index is -0.544. The molecule has 1 N–H and O–H groups in total. The van der Waals surface area contributed by atoms with E-state index in [1.807, 2.05) is 28.8 Å². The van der Waals surface area contributed by atoms with Crippen molar-refractivity contribution in [2.24, 2.45) is 5.10 Å². The molecule has 4 aromatic rings. The van der Waals surface area contributed by atoms with Gasteiger partial charge in [-0.25, -0.2) is 5.43 Å². The first kappa shape index (κ1) is 25.6. The Labute approximate surface area is 224 Å². The topological polar surface area (TPSA) is 115 Å². The van der Waals surface area contributed by atoms with Crippen LogP contribution in [-0.4, -0.2) is 37.6 Å². The molecule has 0 saturated heterocycles. The lowest BCUT2D eigenvalue weighted by atomic mass is 10.2. The highest BCUT2D eigenvalue weighted by Gasteiger charge is 2.17. The summed E-state index contributed by atoms with van der Waals surface area (Å²) in [5, 5.41) is 25.3. The molecule has 36 heavy (non-hydrogen) atoms. The number of amides is 1. The van der Waals surface area contributed by atoms with Crippen LogP contribution in [0, 0.1) is 10.1 Å². The zero-order valence-electron chi connectivity index (χ0n) is 18.1. The smallest absolute Gasteiger partial charge is 0.270 e. The second kappa shape index (κ2) is 11.5. The summed E-state index contributed by atoms with van der Waals surface area (Å²) < 4.78 is 1.81. The number of thioether (sulfide) groups is 1. The van der Waals surface area contributed by atoms with Gasteiger partial charge in [-0.1, -0.05) is 46.6 Å². The molecule has 1 aromatic heterocycles. The number of nitro benzene ring substituents is 1. The maximum absolute atomic E-state index is 12.4. The second-order valence-electron chi connectivity index (χ2n) is 7.17. The molecule has 0 aliphatic rings. The van der Waals surface area contributed by atoms with Crippen LogP contribution in [0.4, 0.5) is 5.69 Å². The molecule has 0 aliphatic carbocycles. The highest BCUT2D eigenvalue weighted by atomic mass is 35.5. The number of aromatic nitrogens is 3. The van der Waals surface area contributed by atoms with Crippen molar-refractivity contribution in [2.45, 2.75) is 5.16 Å². The van der Waals surface area contributed by atoms with E-state index >= 15 is 0 Å². The first-order chi connectivity index (χ1) is 17.3. The number of hydrogen-bond donors (Lipinski definition) is 1. The van der Waals surface area contributed by atoms with Crippen LogP contribution in [0.3, 0.4) is 0 Å². The molecule has 0 aliphatic heterocycles. The van der Waals surface area contributed by atoms with E-state index in [2.05, 4.69) is 20.7 Å². The predicted molar refractivity (Wildman–Crippen MR) is 141 cm³/mol. The summed E-state index contributed by atoms with van der Waals surface area (Å²) in [5.41, 5.74) is 4.09. The van der Waals surface area contributed by atoms with Gasteiger partial charge >= 0.3 is 0 Å². The van der Waals surface area contributed by atoms with Gasteiger partial charge in [-0.15, -0.1) is 10.2 Å². The number of carbonyl (C=O) groups excluding carboxylic acids is 1. The van der Waals surface area contributed by atoms with Crippen LogP contribution in [0.1, 0.15) is 5.56 Å².